The van der Waals surface area contributed by atoms with Gasteiger partial charge in [-0.05, 0) is 28.9 Å². The van der Waals surface area contributed by atoms with E-state index in [4.69, 9.17) is 0 Å². The summed E-state index contributed by atoms with van der Waals surface area (Å²) in [6.45, 7) is 2.49. The van der Waals surface area contributed by atoms with E-state index in [2.05, 4.69) is 41.2 Å². The van der Waals surface area contributed by atoms with E-state index in [0.717, 1.165) is 0 Å². The molecule has 0 bridgehead atoms. The molecule has 0 aliphatic rings. The minimum Gasteiger partial charge on any atom is -0.369 e. The number of hydrogen-bond donors (Lipinski definition) is 2. The molecule has 21 heavy (non-hydrogen) atoms. The Kier molecular flexibility index (Phi) is 4.91. The molecule has 2 N–H and O–H groups in total. The molecule has 0 aliphatic carbocycles. The number of anilines is 1. The van der Waals surface area contributed by atoms with Crippen molar-refractivity contribution < 1.29 is 8.42 Å². The van der Waals surface area contributed by atoms with Gasteiger partial charge in [0.15, 0.2) is 0 Å². The van der Waals surface area contributed by atoms with Gasteiger partial charge in [0.25, 0.3) is 0 Å². The highest BCUT2D eigenvalue weighted by atomic mass is 79.9. The van der Waals surface area contributed by atoms with Crippen molar-refractivity contribution in [2.45, 2.75) is 18.4 Å². The van der Waals surface area contributed by atoms with Crippen LogP contribution in [0.3, 0.4) is 0 Å². The minimum absolute atomic E-state index is 0.0525. The van der Waals surface area contributed by atoms with Crippen molar-refractivity contribution in [3.63, 3.8) is 0 Å². The highest BCUT2D eigenvalue weighted by Gasteiger charge is 2.20. The van der Waals surface area contributed by atoms with E-state index in [0.29, 0.717) is 22.7 Å². The van der Waals surface area contributed by atoms with Crippen LogP contribution in [0.5, 0.6) is 0 Å². The second-order valence-electron chi connectivity index (χ2n) is 4.21. The maximum Gasteiger partial charge on any atom is 0.244 e. The summed E-state index contributed by atoms with van der Waals surface area (Å²) < 4.78 is 29.6. The number of sulfonamides is 1. The molecule has 114 valence electrons. The Morgan fingerprint density at radius 3 is 2.81 bits per heavy atom. The number of aromatic nitrogens is 4. The van der Waals surface area contributed by atoms with Gasteiger partial charge >= 0.3 is 0 Å². The number of nitrogens with one attached hydrogen (secondary N) is 2. The molecule has 0 amide bonds. The molecule has 0 radical (unpaired) electrons. The molecule has 0 saturated carbocycles. The van der Waals surface area contributed by atoms with E-state index in [1.165, 1.54) is 12.4 Å². The lowest BCUT2D eigenvalue weighted by molar-refractivity contribution is 0.577. The van der Waals surface area contributed by atoms with Gasteiger partial charge in [-0.2, -0.15) is 0 Å². The van der Waals surface area contributed by atoms with Crippen molar-refractivity contribution in [1.82, 2.24) is 24.5 Å². The summed E-state index contributed by atoms with van der Waals surface area (Å²) in [5.41, 5.74) is 0. The predicted octanol–water partition coefficient (Wildman–Crippen LogP) is 0.883. The first-order valence-electron chi connectivity index (χ1n) is 6.16. The molecule has 0 atom stereocenters. The summed E-state index contributed by atoms with van der Waals surface area (Å²) in [6, 6.07) is 1.50. The molecule has 2 aromatic heterocycles. The smallest absolute Gasteiger partial charge is 0.244 e. The van der Waals surface area contributed by atoms with E-state index < -0.39 is 10.0 Å². The molecule has 10 heteroatoms. The molecule has 0 fully saturated rings. The maximum absolute atomic E-state index is 12.4. The Bertz CT molecular complexity index is 730. The van der Waals surface area contributed by atoms with Crippen LogP contribution in [-0.4, -0.2) is 34.7 Å². The predicted molar refractivity (Wildman–Crippen MR) is 81.1 cm³/mol. The largest absolute Gasteiger partial charge is 0.369 e. The van der Waals surface area contributed by atoms with Crippen LogP contribution in [-0.2, 0) is 23.6 Å². The Balaban J connectivity index is 2.26. The second kappa shape index (κ2) is 6.50. The number of rotatable bonds is 6. The fourth-order valence-corrected chi connectivity index (χ4v) is 3.25. The van der Waals surface area contributed by atoms with Crippen LogP contribution in [0.15, 0.2) is 28.0 Å². The van der Waals surface area contributed by atoms with Crippen LogP contribution >= 0.6 is 15.9 Å². The molecule has 2 aromatic rings. The zero-order valence-electron chi connectivity index (χ0n) is 11.5. The van der Waals surface area contributed by atoms with Gasteiger partial charge in [-0.1, -0.05) is 0 Å². The Hall–Kier alpha value is -1.52. The van der Waals surface area contributed by atoms with Crippen LogP contribution < -0.4 is 10.0 Å². The summed E-state index contributed by atoms with van der Waals surface area (Å²) in [7, 11) is -1.97. The van der Waals surface area contributed by atoms with Gasteiger partial charge in [0.1, 0.15) is 22.9 Å². The van der Waals surface area contributed by atoms with E-state index in [9.17, 15) is 8.42 Å². The third kappa shape index (κ3) is 3.77. The minimum atomic E-state index is -3.71. The van der Waals surface area contributed by atoms with Crippen molar-refractivity contribution in [1.29, 1.82) is 0 Å². The van der Waals surface area contributed by atoms with Crippen LogP contribution in [0.1, 0.15) is 12.7 Å². The molecular formula is C11H15BrN6O2S. The average molecular weight is 375 g/mol. The number of aryl methyl sites for hydroxylation is 1. The Labute approximate surface area is 131 Å². The maximum atomic E-state index is 12.4. The normalized spacial score (nSPS) is 11.6. The van der Waals surface area contributed by atoms with Crippen LogP contribution in [0.4, 0.5) is 5.82 Å². The van der Waals surface area contributed by atoms with Gasteiger partial charge in [-0.15, -0.1) is 10.2 Å². The van der Waals surface area contributed by atoms with Crippen molar-refractivity contribution in [3.8, 4) is 0 Å². The molecule has 0 unspecified atom stereocenters. The summed E-state index contributed by atoms with van der Waals surface area (Å²) in [5, 5.41) is 10.5. The summed E-state index contributed by atoms with van der Waals surface area (Å²) >= 11 is 3.23. The Morgan fingerprint density at radius 1 is 1.43 bits per heavy atom. The van der Waals surface area contributed by atoms with E-state index in [1.54, 1.807) is 17.8 Å². The Morgan fingerprint density at radius 2 is 2.19 bits per heavy atom. The SMILES string of the molecule is CCNc1ncc(Br)cc1S(=O)(=O)NCc1nncn1C. The molecule has 0 saturated heterocycles. The first-order chi connectivity index (χ1) is 9.94. The van der Waals surface area contributed by atoms with Crippen LogP contribution in [0, 0.1) is 0 Å². The van der Waals surface area contributed by atoms with Gasteiger partial charge in [0.2, 0.25) is 10.0 Å². The molecule has 2 rings (SSSR count). The fraction of sp³-hybridized carbons (Fsp3) is 0.364. The van der Waals surface area contributed by atoms with Crippen molar-refractivity contribution in [2.24, 2.45) is 7.05 Å². The van der Waals surface area contributed by atoms with Crippen molar-refractivity contribution in [2.75, 3.05) is 11.9 Å². The zero-order valence-corrected chi connectivity index (χ0v) is 13.9. The standard InChI is InChI=1S/C11H15BrN6O2S/c1-3-13-11-9(4-8(12)5-14-11)21(19,20)16-6-10-17-15-7-18(10)2/h4-5,7,16H,3,6H2,1-2H3,(H,13,14). The molecule has 2 heterocycles. The zero-order chi connectivity index (χ0) is 15.5. The quantitative estimate of drug-likeness (QED) is 0.777. The van der Waals surface area contributed by atoms with Gasteiger partial charge in [0.05, 0.1) is 6.54 Å². The third-order valence-electron chi connectivity index (χ3n) is 2.68. The highest BCUT2D eigenvalue weighted by Crippen LogP contribution is 2.22. The molecule has 0 aliphatic heterocycles. The molecular weight excluding hydrogens is 360 g/mol. The number of pyridine rings is 1. The van der Waals surface area contributed by atoms with Gasteiger partial charge in [0, 0.05) is 24.3 Å². The van der Waals surface area contributed by atoms with Gasteiger partial charge in [-0.25, -0.2) is 18.1 Å². The third-order valence-corrected chi connectivity index (χ3v) is 4.53. The van der Waals surface area contributed by atoms with Crippen LogP contribution in [0.25, 0.3) is 0 Å². The van der Waals surface area contributed by atoms with Crippen molar-refractivity contribution in [3.05, 3.63) is 28.9 Å². The van der Waals surface area contributed by atoms with Crippen molar-refractivity contribution >= 4 is 31.8 Å². The molecule has 8 nitrogen and oxygen atoms in total. The summed E-state index contributed by atoms with van der Waals surface area (Å²) in [4.78, 5) is 4.17. The number of hydrogen-bond acceptors (Lipinski definition) is 6. The average Bonchev–Trinajstić information content (AvgIpc) is 2.84. The lowest BCUT2D eigenvalue weighted by Crippen LogP contribution is -2.26. The van der Waals surface area contributed by atoms with Crippen LogP contribution in [0.2, 0.25) is 0 Å². The topological polar surface area (TPSA) is 102 Å². The lowest BCUT2D eigenvalue weighted by atomic mass is 10.4. The lowest BCUT2D eigenvalue weighted by Gasteiger charge is -2.11. The monoisotopic (exact) mass is 374 g/mol. The fourth-order valence-electron chi connectivity index (χ4n) is 1.63. The van der Waals surface area contributed by atoms with E-state index in [1.807, 2.05) is 6.92 Å². The molecule has 0 aromatic carbocycles. The number of nitrogens with zero attached hydrogens (tertiary/aromatic N) is 4. The summed E-state index contributed by atoms with van der Waals surface area (Å²) in [6.07, 6.45) is 3.05. The first-order valence-corrected chi connectivity index (χ1v) is 8.43. The molecule has 0 spiro atoms. The van der Waals surface area contributed by atoms with Gasteiger partial charge < -0.3 is 9.88 Å². The first kappa shape index (κ1) is 15.9. The number of halogens is 1. The summed E-state index contributed by atoms with van der Waals surface area (Å²) in [5.74, 6) is 0.831. The van der Waals surface area contributed by atoms with E-state index >= 15 is 0 Å². The van der Waals surface area contributed by atoms with Gasteiger partial charge in [-0.3, -0.25) is 0 Å². The van der Waals surface area contributed by atoms with E-state index in [-0.39, 0.29) is 11.4 Å². The highest BCUT2D eigenvalue weighted by molar-refractivity contribution is 9.10. The second-order valence-corrected chi connectivity index (χ2v) is 6.86.